The van der Waals surface area contributed by atoms with Crippen molar-refractivity contribution in [2.75, 3.05) is 75.4 Å². The minimum atomic E-state index is -0.352. The molecule has 0 aromatic heterocycles. The van der Waals surface area contributed by atoms with Gasteiger partial charge in [-0.15, -0.1) is 0 Å². The van der Waals surface area contributed by atoms with Gasteiger partial charge in [-0.2, -0.15) is 0 Å². The van der Waals surface area contributed by atoms with Crippen molar-refractivity contribution in [3.8, 4) is 0 Å². The number of Topliss-reactive ketones (excluding diaryl/α,β-unsaturated/α-hetero) is 1. The first-order valence-corrected chi connectivity index (χ1v) is 17.4. The number of ketones is 1. The fourth-order valence-electron chi connectivity index (χ4n) is 6.78. The Labute approximate surface area is 286 Å². The van der Waals surface area contributed by atoms with Gasteiger partial charge in [0.05, 0.1) is 38.5 Å². The molecule has 0 spiro atoms. The van der Waals surface area contributed by atoms with Crippen molar-refractivity contribution in [2.24, 2.45) is 0 Å². The molecule has 6 rings (SSSR count). The van der Waals surface area contributed by atoms with Crippen LogP contribution in [0.3, 0.4) is 0 Å². The average Bonchev–Trinajstić information content (AvgIpc) is 3.14. The predicted octanol–water partition coefficient (Wildman–Crippen LogP) is 5.99. The third-order valence-corrected chi connectivity index (χ3v) is 9.74. The molecule has 7 heteroatoms. The summed E-state index contributed by atoms with van der Waals surface area (Å²) in [5.41, 5.74) is 7.23. The summed E-state index contributed by atoms with van der Waals surface area (Å²) < 4.78 is 12.7. The van der Waals surface area contributed by atoms with E-state index in [9.17, 15) is 4.79 Å². The van der Waals surface area contributed by atoms with Gasteiger partial charge in [-0.1, -0.05) is 96.1 Å². The molecule has 48 heavy (non-hydrogen) atoms. The Kier molecular flexibility index (Phi) is 11.9. The lowest BCUT2D eigenvalue weighted by molar-refractivity contribution is -0.135. The van der Waals surface area contributed by atoms with Crippen LogP contribution in [0.25, 0.3) is 0 Å². The number of rotatable bonds is 14. The van der Waals surface area contributed by atoms with Gasteiger partial charge in [0.15, 0.2) is 5.78 Å². The number of piperazine rings is 2. The summed E-state index contributed by atoms with van der Waals surface area (Å²) in [5, 5.41) is 0. The maximum absolute atomic E-state index is 14.8. The first-order chi connectivity index (χ1) is 23.5. The van der Waals surface area contributed by atoms with E-state index in [0.29, 0.717) is 26.4 Å². The standard InChI is InChI=1S/C41H50N4O3/c1-33-13-17-37(18-14-33)42-21-25-44(26-22-42)39(31-47-29-35-9-5-3-6-10-35)41(46)40(32-48-30-36-11-7-4-8-12-36)45-27-23-43(24-28-45)38-19-15-34(2)16-20-38/h3-20,39-40H,21-32H2,1-2H3. The SMILES string of the molecule is Cc1ccc(N2CCN(C(COCc3ccccc3)C(=O)C(COCc3ccccc3)N3CCN(c4ccc(C)cc4)CC3)CC2)cc1. The molecule has 0 N–H and O–H groups in total. The number of anilines is 2. The van der Waals surface area contributed by atoms with Gasteiger partial charge in [0.25, 0.3) is 0 Å². The van der Waals surface area contributed by atoms with Crippen LogP contribution in [0.1, 0.15) is 22.3 Å². The quantitative estimate of drug-likeness (QED) is 0.167. The molecule has 2 atom stereocenters. The molecule has 0 saturated carbocycles. The molecule has 0 amide bonds. The highest BCUT2D eigenvalue weighted by molar-refractivity contribution is 5.89. The molecule has 2 saturated heterocycles. The molecule has 2 heterocycles. The summed E-state index contributed by atoms with van der Waals surface area (Å²) in [5.74, 6) is 0.198. The minimum absolute atomic E-state index is 0.198. The van der Waals surface area contributed by atoms with Crippen molar-refractivity contribution in [1.82, 2.24) is 9.80 Å². The number of aryl methyl sites for hydroxylation is 2. The lowest BCUT2D eigenvalue weighted by atomic mass is 10.0. The van der Waals surface area contributed by atoms with Crippen LogP contribution in [0.15, 0.2) is 109 Å². The lowest BCUT2D eigenvalue weighted by Gasteiger charge is -2.43. The Morgan fingerprint density at radius 1 is 0.521 bits per heavy atom. The molecule has 2 fully saturated rings. The van der Waals surface area contributed by atoms with E-state index in [0.717, 1.165) is 63.5 Å². The Morgan fingerprint density at radius 2 is 0.875 bits per heavy atom. The second-order valence-electron chi connectivity index (χ2n) is 13.2. The Hall–Kier alpha value is -4.01. The van der Waals surface area contributed by atoms with E-state index < -0.39 is 0 Å². The van der Waals surface area contributed by atoms with Crippen molar-refractivity contribution < 1.29 is 14.3 Å². The summed E-state index contributed by atoms with van der Waals surface area (Å²) >= 11 is 0. The van der Waals surface area contributed by atoms with Crippen LogP contribution >= 0.6 is 0 Å². The van der Waals surface area contributed by atoms with Gasteiger partial charge in [0.1, 0.15) is 0 Å². The van der Waals surface area contributed by atoms with Crippen LogP contribution in [0.2, 0.25) is 0 Å². The molecule has 0 radical (unpaired) electrons. The number of carbonyl (C=O) groups is 1. The van der Waals surface area contributed by atoms with E-state index in [1.54, 1.807) is 0 Å². The Morgan fingerprint density at radius 3 is 1.23 bits per heavy atom. The summed E-state index contributed by atoms with van der Waals surface area (Å²) in [4.78, 5) is 24.4. The first kappa shape index (κ1) is 33.9. The number of carbonyl (C=O) groups excluding carboxylic acids is 1. The molecular weight excluding hydrogens is 596 g/mol. The number of nitrogens with zero attached hydrogens (tertiary/aromatic N) is 4. The molecular formula is C41H50N4O3. The summed E-state index contributed by atoms with van der Waals surface area (Å²) in [6.45, 7) is 12.6. The summed E-state index contributed by atoms with van der Waals surface area (Å²) in [6, 6.07) is 37.2. The van der Waals surface area contributed by atoms with Crippen LogP contribution in [0.4, 0.5) is 11.4 Å². The highest BCUT2D eigenvalue weighted by Crippen LogP contribution is 2.22. The third kappa shape index (κ3) is 9.11. The van der Waals surface area contributed by atoms with Crippen LogP contribution in [0.5, 0.6) is 0 Å². The zero-order chi connectivity index (χ0) is 33.1. The fourth-order valence-corrected chi connectivity index (χ4v) is 6.78. The zero-order valence-corrected chi connectivity index (χ0v) is 28.5. The number of ether oxygens (including phenoxy) is 2. The van der Waals surface area contributed by atoms with Gasteiger partial charge in [0, 0.05) is 63.7 Å². The highest BCUT2D eigenvalue weighted by atomic mass is 16.5. The maximum Gasteiger partial charge on any atom is 0.171 e. The zero-order valence-electron chi connectivity index (χ0n) is 28.5. The second kappa shape index (κ2) is 16.9. The Balaban J connectivity index is 1.17. The van der Waals surface area contributed by atoms with Gasteiger partial charge in [-0.05, 0) is 49.2 Å². The van der Waals surface area contributed by atoms with Gasteiger partial charge in [-0.25, -0.2) is 0 Å². The van der Waals surface area contributed by atoms with Crippen molar-refractivity contribution in [2.45, 2.75) is 39.1 Å². The van der Waals surface area contributed by atoms with E-state index >= 15 is 0 Å². The average molecular weight is 647 g/mol. The van der Waals surface area contributed by atoms with Crippen LogP contribution < -0.4 is 9.80 Å². The highest BCUT2D eigenvalue weighted by Gasteiger charge is 2.37. The fraction of sp³-hybridized carbons (Fsp3) is 0.390. The van der Waals surface area contributed by atoms with Crippen LogP contribution in [-0.2, 0) is 27.5 Å². The lowest BCUT2D eigenvalue weighted by Crippen LogP contribution is -2.61. The minimum Gasteiger partial charge on any atom is -0.375 e. The van der Waals surface area contributed by atoms with E-state index in [1.165, 1.54) is 22.5 Å². The smallest absolute Gasteiger partial charge is 0.171 e. The van der Waals surface area contributed by atoms with Crippen molar-refractivity contribution >= 4 is 17.2 Å². The largest absolute Gasteiger partial charge is 0.375 e. The topological polar surface area (TPSA) is 48.5 Å². The van der Waals surface area contributed by atoms with Gasteiger partial charge in [0.2, 0.25) is 0 Å². The summed E-state index contributed by atoms with van der Waals surface area (Å²) in [7, 11) is 0. The molecule has 2 aliphatic heterocycles. The maximum atomic E-state index is 14.8. The van der Waals surface area contributed by atoms with Crippen LogP contribution in [-0.4, -0.2) is 93.2 Å². The number of hydrogen-bond acceptors (Lipinski definition) is 7. The van der Waals surface area contributed by atoms with E-state index in [-0.39, 0.29) is 17.9 Å². The van der Waals surface area contributed by atoms with Crippen molar-refractivity contribution in [3.63, 3.8) is 0 Å². The number of hydrogen-bond donors (Lipinski definition) is 0. The van der Waals surface area contributed by atoms with E-state index in [1.807, 2.05) is 36.4 Å². The molecule has 2 unspecified atom stereocenters. The second-order valence-corrected chi connectivity index (χ2v) is 13.2. The van der Waals surface area contributed by atoms with Gasteiger partial charge < -0.3 is 19.3 Å². The molecule has 4 aromatic rings. The normalized spacial score (nSPS) is 17.3. The Bertz CT molecular complexity index is 1420. The first-order valence-electron chi connectivity index (χ1n) is 17.4. The van der Waals surface area contributed by atoms with Crippen molar-refractivity contribution in [1.29, 1.82) is 0 Å². The number of benzene rings is 4. The predicted molar refractivity (Wildman–Crippen MR) is 195 cm³/mol. The molecule has 0 aliphatic carbocycles. The molecule has 4 aromatic carbocycles. The van der Waals surface area contributed by atoms with E-state index in [2.05, 4.69) is 106 Å². The van der Waals surface area contributed by atoms with E-state index in [4.69, 9.17) is 9.47 Å². The van der Waals surface area contributed by atoms with Gasteiger partial charge in [-0.3, -0.25) is 14.6 Å². The molecule has 0 bridgehead atoms. The summed E-state index contributed by atoms with van der Waals surface area (Å²) in [6.07, 6.45) is 0. The third-order valence-electron chi connectivity index (χ3n) is 9.74. The van der Waals surface area contributed by atoms with Gasteiger partial charge >= 0.3 is 0 Å². The molecule has 7 nitrogen and oxygen atoms in total. The molecule has 252 valence electrons. The monoisotopic (exact) mass is 646 g/mol. The van der Waals surface area contributed by atoms with Crippen LogP contribution in [0, 0.1) is 13.8 Å². The van der Waals surface area contributed by atoms with Crippen molar-refractivity contribution in [3.05, 3.63) is 131 Å². The molecule has 2 aliphatic rings.